The van der Waals surface area contributed by atoms with Gasteiger partial charge in [-0.15, -0.1) is 0 Å². The molecule has 1 fully saturated rings. The minimum absolute atomic E-state index is 0.0162. The Morgan fingerprint density at radius 1 is 1.47 bits per heavy atom. The lowest BCUT2D eigenvalue weighted by Crippen LogP contribution is -2.38. The van der Waals surface area contributed by atoms with Crippen LogP contribution in [0.1, 0.15) is 23.2 Å². The Morgan fingerprint density at radius 2 is 2.24 bits per heavy atom. The van der Waals surface area contributed by atoms with Crippen LogP contribution in [0.2, 0.25) is 5.02 Å². The highest BCUT2D eigenvalue weighted by Crippen LogP contribution is 2.19. The van der Waals surface area contributed by atoms with Gasteiger partial charge in [0.05, 0.1) is 10.6 Å². The lowest BCUT2D eigenvalue weighted by atomic mass is 10.1. The summed E-state index contributed by atoms with van der Waals surface area (Å²) in [5.74, 6) is -0.323. The third kappa shape index (κ3) is 3.20. The molecule has 0 aromatic heterocycles. The maximum atomic E-state index is 11.9. The van der Waals surface area contributed by atoms with Crippen molar-refractivity contribution in [2.75, 3.05) is 20.1 Å². The Morgan fingerprint density at radius 3 is 2.94 bits per heavy atom. The number of likely N-dealkylation sites (tertiary alicyclic amines) is 1. The summed E-state index contributed by atoms with van der Waals surface area (Å²) in [5.41, 5.74) is 0.447. The summed E-state index contributed by atoms with van der Waals surface area (Å²) in [6.45, 7) is 1.87. The molecule has 1 aliphatic rings. The van der Waals surface area contributed by atoms with Gasteiger partial charge in [0, 0.05) is 6.54 Å². The summed E-state index contributed by atoms with van der Waals surface area (Å²) >= 11 is 5.95. The van der Waals surface area contributed by atoms with Crippen molar-refractivity contribution in [3.63, 3.8) is 0 Å². The van der Waals surface area contributed by atoms with Gasteiger partial charge in [0.25, 0.3) is 0 Å². The number of hydrogen-bond acceptors (Lipinski definition) is 3. The number of esters is 1. The molecule has 0 spiro atoms. The van der Waals surface area contributed by atoms with E-state index in [0.717, 1.165) is 25.9 Å². The highest BCUT2D eigenvalue weighted by molar-refractivity contribution is 6.33. The number of benzene rings is 1. The average Bonchev–Trinajstić information content (AvgIpc) is 2.29. The summed E-state index contributed by atoms with van der Waals surface area (Å²) < 4.78 is 5.46. The Balaban J connectivity index is 1.99. The fourth-order valence-electron chi connectivity index (χ4n) is 2.06. The van der Waals surface area contributed by atoms with Crippen molar-refractivity contribution in [1.29, 1.82) is 0 Å². The summed E-state index contributed by atoms with van der Waals surface area (Å²) in [6, 6.07) is 6.98. The number of carbonyl (C=O) groups excluding carboxylic acids is 1. The van der Waals surface area contributed by atoms with Crippen LogP contribution in [-0.4, -0.2) is 37.1 Å². The zero-order valence-electron chi connectivity index (χ0n) is 9.86. The molecular formula is C13H16ClNO2. The average molecular weight is 254 g/mol. The molecule has 3 nitrogen and oxygen atoms in total. The maximum Gasteiger partial charge on any atom is 0.339 e. The first-order valence-corrected chi connectivity index (χ1v) is 6.18. The van der Waals surface area contributed by atoms with Crippen molar-refractivity contribution in [3.8, 4) is 0 Å². The highest BCUT2D eigenvalue weighted by atomic mass is 35.5. The molecule has 0 unspecified atom stereocenters. The summed E-state index contributed by atoms with van der Waals surface area (Å²) in [5, 5.41) is 0.446. The van der Waals surface area contributed by atoms with E-state index in [2.05, 4.69) is 4.90 Å². The minimum atomic E-state index is -0.323. The molecule has 1 saturated heterocycles. The number of piperidine rings is 1. The van der Waals surface area contributed by atoms with Gasteiger partial charge in [0.1, 0.15) is 6.10 Å². The number of hydrogen-bond donors (Lipinski definition) is 0. The number of halogens is 1. The molecule has 1 aromatic rings. The molecule has 1 atom stereocenters. The smallest absolute Gasteiger partial charge is 0.339 e. The van der Waals surface area contributed by atoms with E-state index < -0.39 is 0 Å². The fraction of sp³-hybridized carbons (Fsp3) is 0.462. The predicted molar refractivity (Wildman–Crippen MR) is 67.4 cm³/mol. The number of rotatable bonds is 2. The van der Waals surface area contributed by atoms with E-state index in [4.69, 9.17) is 16.3 Å². The summed E-state index contributed by atoms with van der Waals surface area (Å²) in [6.07, 6.45) is 1.98. The Labute approximate surface area is 106 Å². The summed E-state index contributed by atoms with van der Waals surface area (Å²) in [4.78, 5) is 14.1. The second-order valence-corrected chi connectivity index (χ2v) is 4.82. The number of nitrogens with zero attached hydrogens (tertiary/aromatic N) is 1. The largest absolute Gasteiger partial charge is 0.457 e. The van der Waals surface area contributed by atoms with Crippen molar-refractivity contribution >= 4 is 17.6 Å². The Kier molecular flexibility index (Phi) is 4.02. The van der Waals surface area contributed by atoms with Crippen LogP contribution >= 0.6 is 11.6 Å². The molecule has 1 aliphatic heterocycles. The van der Waals surface area contributed by atoms with Gasteiger partial charge in [-0.1, -0.05) is 23.7 Å². The SMILES string of the molecule is CN1CCC[C@H](OC(=O)c2ccccc2Cl)C1. The number of carbonyl (C=O) groups is 1. The zero-order valence-corrected chi connectivity index (χ0v) is 10.6. The van der Waals surface area contributed by atoms with Gasteiger partial charge < -0.3 is 9.64 Å². The maximum absolute atomic E-state index is 11.9. The fourth-order valence-corrected chi connectivity index (χ4v) is 2.27. The van der Waals surface area contributed by atoms with Crippen molar-refractivity contribution < 1.29 is 9.53 Å². The van der Waals surface area contributed by atoms with E-state index in [1.165, 1.54) is 0 Å². The molecule has 1 heterocycles. The van der Waals surface area contributed by atoms with Gasteiger partial charge in [-0.25, -0.2) is 4.79 Å². The van der Waals surface area contributed by atoms with Crippen LogP contribution in [0.15, 0.2) is 24.3 Å². The van der Waals surface area contributed by atoms with E-state index in [9.17, 15) is 4.79 Å². The molecule has 1 aromatic carbocycles. The second kappa shape index (κ2) is 5.52. The molecule has 17 heavy (non-hydrogen) atoms. The van der Waals surface area contributed by atoms with E-state index >= 15 is 0 Å². The van der Waals surface area contributed by atoms with Gasteiger partial charge in [0.2, 0.25) is 0 Å². The summed E-state index contributed by atoms with van der Waals surface area (Å²) in [7, 11) is 2.04. The monoisotopic (exact) mass is 253 g/mol. The van der Waals surface area contributed by atoms with Crippen LogP contribution in [0.5, 0.6) is 0 Å². The number of ether oxygens (including phenoxy) is 1. The first kappa shape index (κ1) is 12.4. The molecule has 0 amide bonds. The molecule has 0 saturated carbocycles. The first-order valence-electron chi connectivity index (χ1n) is 5.81. The van der Waals surface area contributed by atoms with Gasteiger partial charge in [-0.3, -0.25) is 0 Å². The first-order chi connectivity index (χ1) is 8.16. The van der Waals surface area contributed by atoms with E-state index in [1.807, 2.05) is 7.05 Å². The standard InChI is InChI=1S/C13H16ClNO2/c1-15-8-4-5-10(9-15)17-13(16)11-6-2-3-7-12(11)14/h2-3,6-7,10H,4-5,8-9H2,1H3/t10-/m0/s1. The highest BCUT2D eigenvalue weighted by Gasteiger charge is 2.22. The van der Waals surface area contributed by atoms with Gasteiger partial charge in [-0.05, 0) is 38.6 Å². The number of likely N-dealkylation sites (N-methyl/N-ethyl adjacent to an activating group) is 1. The van der Waals surface area contributed by atoms with Gasteiger partial charge in [0.15, 0.2) is 0 Å². The van der Waals surface area contributed by atoms with Crippen LogP contribution in [0.3, 0.4) is 0 Å². The third-order valence-corrected chi connectivity index (χ3v) is 3.28. The second-order valence-electron chi connectivity index (χ2n) is 4.41. The molecule has 92 valence electrons. The van der Waals surface area contributed by atoms with Crippen molar-refractivity contribution in [3.05, 3.63) is 34.9 Å². The van der Waals surface area contributed by atoms with Gasteiger partial charge >= 0.3 is 5.97 Å². The van der Waals surface area contributed by atoms with Crippen LogP contribution in [0, 0.1) is 0 Å². The van der Waals surface area contributed by atoms with Crippen LogP contribution < -0.4 is 0 Å². The van der Waals surface area contributed by atoms with E-state index in [-0.39, 0.29) is 12.1 Å². The van der Waals surface area contributed by atoms with Crippen LogP contribution in [-0.2, 0) is 4.74 Å². The Bertz CT molecular complexity index is 408. The Hall–Kier alpha value is -1.06. The van der Waals surface area contributed by atoms with Crippen molar-refractivity contribution in [1.82, 2.24) is 4.90 Å². The molecular weight excluding hydrogens is 238 g/mol. The molecule has 0 aliphatic carbocycles. The normalized spacial score (nSPS) is 21.2. The lowest BCUT2D eigenvalue weighted by Gasteiger charge is -2.29. The minimum Gasteiger partial charge on any atom is -0.457 e. The molecule has 0 radical (unpaired) electrons. The van der Waals surface area contributed by atoms with Crippen LogP contribution in [0.25, 0.3) is 0 Å². The molecule has 2 rings (SSSR count). The van der Waals surface area contributed by atoms with Gasteiger partial charge in [-0.2, -0.15) is 0 Å². The predicted octanol–water partition coefficient (Wildman–Crippen LogP) is 2.59. The van der Waals surface area contributed by atoms with Crippen molar-refractivity contribution in [2.45, 2.75) is 18.9 Å². The lowest BCUT2D eigenvalue weighted by molar-refractivity contribution is 0.0109. The van der Waals surface area contributed by atoms with E-state index in [1.54, 1.807) is 24.3 Å². The quantitative estimate of drug-likeness (QED) is 0.759. The topological polar surface area (TPSA) is 29.5 Å². The van der Waals surface area contributed by atoms with Crippen molar-refractivity contribution in [2.24, 2.45) is 0 Å². The van der Waals surface area contributed by atoms with Crippen LogP contribution in [0.4, 0.5) is 0 Å². The zero-order chi connectivity index (χ0) is 12.3. The van der Waals surface area contributed by atoms with E-state index in [0.29, 0.717) is 10.6 Å². The third-order valence-electron chi connectivity index (χ3n) is 2.95. The molecule has 4 heteroatoms. The molecule has 0 bridgehead atoms. The molecule has 0 N–H and O–H groups in total.